The minimum atomic E-state index is -0.718. The van der Waals surface area contributed by atoms with Gasteiger partial charge in [0, 0.05) is 0 Å². The molecule has 0 heterocycles. The Morgan fingerprint density at radius 2 is 2.27 bits per heavy atom. The maximum atomic E-state index is 11.2. The molecule has 0 aliphatic heterocycles. The smallest absolute Gasteiger partial charge is 0.373 e. The standard InChI is InChI=1S/C10H20BNO3/c1-4-7-5-8(12-11(3)15)6-10(7,2)9(13)14/h7-8,12,15H,4-6H2,1-3H3,(H,13,14)/t7-,8?,10+/m1/s1. The second-order valence-corrected chi connectivity index (χ2v) is 4.81. The molecule has 1 fully saturated rings. The molecule has 1 rings (SSSR count). The fourth-order valence-corrected chi connectivity index (χ4v) is 2.71. The predicted octanol–water partition coefficient (Wildman–Crippen LogP) is 0.966. The third-order valence-electron chi connectivity index (χ3n) is 3.60. The van der Waals surface area contributed by atoms with Gasteiger partial charge in [-0.1, -0.05) is 13.3 Å². The van der Waals surface area contributed by atoms with Gasteiger partial charge in [0.2, 0.25) is 0 Å². The van der Waals surface area contributed by atoms with E-state index < -0.39 is 18.4 Å². The van der Waals surface area contributed by atoms with Crippen LogP contribution in [0.5, 0.6) is 0 Å². The van der Waals surface area contributed by atoms with Crippen LogP contribution in [0.2, 0.25) is 6.82 Å². The number of carboxylic acids is 1. The normalized spacial score (nSPS) is 35.5. The molecule has 0 aromatic rings. The zero-order valence-corrected chi connectivity index (χ0v) is 9.66. The highest BCUT2D eigenvalue weighted by molar-refractivity contribution is 6.45. The minimum absolute atomic E-state index is 0.121. The second-order valence-electron chi connectivity index (χ2n) is 4.81. The summed E-state index contributed by atoms with van der Waals surface area (Å²) in [6, 6.07) is 0.121. The summed E-state index contributed by atoms with van der Waals surface area (Å²) in [5, 5.41) is 21.5. The fourth-order valence-electron chi connectivity index (χ4n) is 2.71. The van der Waals surface area contributed by atoms with Crippen molar-refractivity contribution in [3.05, 3.63) is 0 Å². The molecule has 0 aromatic heterocycles. The average molecular weight is 213 g/mol. The number of hydrogen-bond donors (Lipinski definition) is 3. The highest BCUT2D eigenvalue weighted by Crippen LogP contribution is 2.45. The Morgan fingerprint density at radius 1 is 1.67 bits per heavy atom. The lowest BCUT2D eigenvalue weighted by Gasteiger charge is -2.25. The maximum Gasteiger partial charge on any atom is 0.373 e. The van der Waals surface area contributed by atoms with E-state index in [9.17, 15) is 14.9 Å². The Labute approximate surface area is 91.2 Å². The lowest BCUT2D eigenvalue weighted by atomic mass is 9.78. The zero-order chi connectivity index (χ0) is 11.6. The number of nitrogens with one attached hydrogen (secondary N) is 1. The van der Waals surface area contributed by atoms with Gasteiger partial charge in [0.25, 0.3) is 0 Å². The highest BCUT2D eigenvalue weighted by Gasteiger charge is 2.48. The van der Waals surface area contributed by atoms with Gasteiger partial charge >= 0.3 is 13.0 Å². The summed E-state index contributed by atoms with van der Waals surface area (Å²) in [6.45, 7) is 5.50. The Balaban J connectivity index is 2.71. The molecule has 0 bridgehead atoms. The van der Waals surface area contributed by atoms with Crippen molar-refractivity contribution in [2.24, 2.45) is 11.3 Å². The first kappa shape index (κ1) is 12.5. The van der Waals surface area contributed by atoms with Crippen LogP contribution in [0.15, 0.2) is 0 Å². The van der Waals surface area contributed by atoms with Gasteiger partial charge in [0.15, 0.2) is 0 Å². The molecular formula is C10H20BNO3. The van der Waals surface area contributed by atoms with Gasteiger partial charge in [-0.25, -0.2) is 0 Å². The van der Waals surface area contributed by atoms with Crippen LogP contribution in [-0.4, -0.2) is 29.2 Å². The van der Waals surface area contributed by atoms with Crippen molar-refractivity contribution < 1.29 is 14.9 Å². The molecule has 1 unspecified atom stereocenters. The van der Waals surface area contributed by atoms with Crippen LogP contribution in [0.3, 0.4) is 0 Å². The van der Waals surface area contributed by atoms with Gasteiger partial charge in [0.05, 0.1) is 5.41 Å². The first-order valence-corrected chi connectivity index (χ1v) is 5.57. The van der Waals surface area contributed by atoms with Gasteiger partial charge in [-0.3, -0.25) is 4.79 Å². The van der Waals surface area contributed by atoms with E-state index in [1.807, 2.05) is 13.8 Å². The van der Waals surface area contributed by atoms with Crippen LogP contribution >= 0.6 is 0 Å². The molecular weight excluding hydrogens is 193 g/mol. The van der Waals surface area contributed by atoms with Gasteiger partial charge in [-0.2, -0.15) is 0 Å². The number of hydrogen-bond acceptors (Lipinski definition) is 3. The summed E-state index contributed by atoms with van der Waals surface area (Å²) in [7, 11) is -0.566. The van der Waals surface area contributed by atoms with E-state index in [0.717, 1.165) is 12.8 Å². The lowest BCUT2D eigenvalue weighted by Crippen LogP contribution is -2.39. The Kier molecular flexibility index (Phi) is 3.79. The SMILES string of the molecule is CC[C@@H]1CC(NB(C)O)C[C@]1(C)C(=O)O. The molecule has 15 heavy (non-hydrogen) atoms. The van der Waals surface area contributed by atoms with Crippen LogP contribution in [0.25, 0.3) is 0 Å². The Hall–Kier alpha value is -0.545. The summed E-state index contributed by atoms with van der Waals surface area (Å²) in [5.74, 6) is -0.518. The molecule has 4 nitrogen and oxygen atoms in total. The summed E-state index contributed by atoms with van der Waals surface area (Å²) in [5.41, 5.74) is -0.638. The molecule has 0 aromatic carbocycles. The third-order valence-corrected chi connectivity index (χ3v) is 3.60. The van der Waals surface area contributed by atoms with Crippen molar-refractivity contribution in [3.8, 4) is 0 Å². The monoisotopic (exact) mass is 213 g/mol. The molecule has 86 valence electrons. The van der Waals surface area contributed by atoms with E-state index in [2.05, 4.69) is 5.23 Å². The fraction of sp³-hybridized carbons (Fsp3) is 0.900. The van der Waals surface area contributed by atoms with Gasteiger partial charge in [-0.05, 0) is 38.5 Å². The molecule has 0 spiro atoms. The van der Waals surface area contributed by atoms with Gasteiger partial charge in [-0.15, -0.1) is 0 Å². The minimum Gasteiger partial charge on any atom is -0.481 e. The van der Waals surface area contributed by atoms with E-state index in [-0.39, 0.29) is 12.0 Å². The van der Waals surface area contributed by atoms with E-state index in [4.69, 9.17) is 0 Å². The van der Waals surface area contributed by atoms with E-state index >= 15 is 0 Å². The predicted molar refractivity (Wildman–Crippen MR) is 59.5 cm³/mol. The summed E-state index contributed by atoms with van der Waals surface area (Å²) in [4.78, 5) is 11.2. The molecule has 1 saturated carbocycles. The van der Waals surface area contributed by atoms with Crippen LogP contribution < -0.4 is 5.23 Å². The lowest BCUT2D eigenvalue weighted by molar-refractivity contribution is -0.150. The van der Waals surface area contributed by atoms with Gasteiger partial charge in [0.1, 0.15) is 0 Å². The topological polar surface area (TPSA) is 69.6 Å². The van der Waals surface area contributed by atoms with Crippen molar-refractivity contribution in [1.29, 1.82) is 0 Å². The number of aliphatic carboxylic acids is 1. The summed E-state index contributed by atoms with van der Waals surface area (Å²) < 4.78 is 0. The molecule has 1 aliphatic rings. The van der Waals surface area contributed by atoms with E-state index in [1.54, 1.807) is 6.82 Å². The van der Waals surface area contributed by atoms with Crippen LogP contribution in [0.4, 0.5) is 0 Å². The molecule has 3 N–H and O–H groups in total. The number of rotatable bonds is 4. The number of carbonyl (C=O) groups is 1. The Bertz CT molecular complexity index is 247. The second kappa shape index (κ2) is 4.53. The quantitative estimate of drug-likeness (QED) is 0.608. The van der Waals surface area contributed by atoms with Crippen LogP contribution in [-0.2, 0) is 4.79 Å². The number of carboxylic acid groups (broad SMARTS) is 1. The first-order chi connectivity index (χ1) is 6.90. The van der Waals surface area contributed by atoms with Gasteiger partial charge < -0.3 is 15.4 Å². The van der Waals surface area contributed by atoms with Crippen LogP contribution in [0, 0.1) is 11.3 Å². The largest absolute Gasteiger partial charge is 0.481 e. The molecule has 3 atom stereocenters. The van der Waals surface area contributed by atoms with Crippen molar-refractivity contribution in [3.63, 3.8) is 0 Å². The van der Waals surface area contributed by atoms with E-state index in [0.29, 0.717) is 6.42 Å². The molecule has 0 amide bonds. The third kappa shape index (κ3) is 2.52. The average Bonchev–Trinajstić information content (AvgIpc) is 2.42. The zero-order valence-electron chi connectivity index (χ0n) is 9.66. The molecule has 1 aliphatic carbocycles. The summed E-state index contributed by atoms with van der Waals surface area (Å²) >= 11 is 0. The Morgan fingerprint density at radius 3 is 2.60 bits per heavy atom. The summed E-state index contributed by atoms with van der Waals surface area (Å²) in [6.07, 6.45) is 2.32. The molecule has 5 heteroatoms. The van der Waals surface area contributed by atoms with Crippen molar-refractivity contribution in [2.75, 3.05) is 0 Å². The van der Waals surface area contributed by atoms with Crippen molar-refractivity contribution in [1.82, 2.24) is 5.23 Å². The van der Waals surface area contributed by atoms with Crippen molar-refractivity contribution >= 4 is 13.0 Å². The maximum absolute atomic E-state index is 11.2. The van der Waals surface area contributed by atoms with Crippen LogP contribution in [0.1, 0.15) is 33.1 Å². The van der Waals surface area contributed by atoms with Crippen molar-refractivity contribution in [2.45, 2.75) is 46.0 Å². The first-order valence-electron chi connectivity index (χ1n) is 5.57. The molecule has 0 radical (unpaired) electrons. The van der Waals surface area contributed by atoms with E-state index in [1.165, 1.54) is 0 Å². The highest BCUT2D eigenvalue weighted by atomic mass is 16.4. The molecule has 0 saturated heterocycles.